The van der Waals surface area contributed by atoms with Gasteiger partial charge in [0.15, 0.2) is 11.2 Å². The van der Waals surface area contributed by atoms with E-state index in [0.29, 0.717) is 45.4 Å². The molecule has 0 spiro atoms. The number of anilines is 2. The van der Waals surface area contributed by atoms with Crippen LogP contribution in [0.5, 0.6) is 11.5 Å². The molecule has 0 unspecified atom stereocenters. The van der Waals surface area contributed by atoms with E-state index < -0.39 is 0 Å². The Bertz CT molecular complexity index is 1480. The van der Waals surface area contributed by atoms with Gasteiger partial charge in [0.2, 0.25) is 11.8 Å². The summed E-state index contributed by atoms with van der Waals surface area (Å²) >= 11 is 0. The number of rotatable bonds is 2. The van der Waals surface area contributed by atoms with Gasteiger partial charge in [0.1, 0.15) is 22.5 Å². The van der Waals surface area contributed by atoms with Crippen LogP contribution in [-0.4, -0.2) is 20.2 Å². The highest BCUT2D eigenvalue weighted by atomic mass is 16.4. The Morgan fingerprint density at radius 1 is 0.583 bits per heavy atom. The molecular weight excluding hydrogens is 456 g/mol. The third kappa shape index (κ3) is 4.52. The van der Waals surface area contributed by atoms with Gasteiger partial charge in [0.05, 0.1) is 11.4 Å². The Kier molecular flexibility index (Phi) is 5.69. The number of nitrogens with zero attached hydrogens (tertiary/aromatic N) is 2. The van der Waals surface area contributed by atoms with Gasteiger partial charge < -0.3 is 30.5 Å². The van der Waals surface area contributed by atoms with Crippen molar-refractivity contribution in [2.45, 2.75) is 13.8 Å². The molecule has 0 fully saturated rings. The van der Waals surface area contributed by atoms with Crippen LogP contribution in [0, 0.1) is 13.8 Å². The zero-order valence-electron chi connectivity index (χ0n) is 19.7. The molecule has 0 aliphatic heterocycles. The zero-order valence-corrected chi connectivity index (χ0v) is 19.7. The number of oxazole rings is 2. The number of nitrogen functional groups attached to an aromatic ring is 2. The minimum atomic E-state index is 0.00843. The largest absolute Gasteiger partial charge is 0.506 e. The summed E-state index contributed by atoms with van der Waals surface area (Å²) in [4.78, 5) is 8.71. The third-order valence-corrected chi connectivity index (χ3v) is 5.67. The van der Waals surface area contributed by atoms with Crippen LogP contribution in [0.1, 0.15) is 11.1 Å². The van der Waals surface area contributed by atoms with E-state index >= 15 is 0 Å². The van der Waals surface area contributed by atoms with Crippen LogP contribution in [-0.2, 0) is 0 Å². The first kappa shape index (κ1) is 22.8. The van der Waals surface area contributed by atoms with Crippen molar-refractivity contribution in [2.75, 3.05) is 11.5 Å². The number of aromatic hydroxyl groups is 2. The fraction of sp³-hybridized carbons (Fsp3) is 0.0714. The molecule has 0 radical (unpaired) electrons. The summed E-state index contributed by atoms with van der Waals surface area (Å²) in [6.45, 7) is 4.04. The van der Waals surface area contributed by atoms with E-state index in [2.05, 4.69) is 9.97 Å². The average molecular weight is 481 g/mol. The van der Waals surface area contributed by atoms with Crippen molar-refractivity contribution < 1.29 is 19.0 Å². The smallest absolute Gasteiger partial charge is 0.227 e. The van der Waals surface area contributed by atoms with E-state index in [0.717, 1.165) is 11.1 Å². The van der Waals surface area contributed by atoms with Gasteiger partial charge in [-0.3, -0.25) is 0 Å². The molecule has 2 aromatic heterocycles. The molecule has 6 aromatic rings. The summed E-state index contributed by atoms with van der Waals surface area (Å²) in [6.07, 6.45) is 0. The molecule has 0 amide bonds. The van der Waals surface area contributed by atoms with Crippen molar-refractivity contribution in [3.63, 3.8) is 0 Å². The first-order valence-corrected chi connectivity index (χ1v) is 11.2. The first-order chi connectivity index (χ1) is 17.3. The van der Waals surface area contributed by atoms with E-state index in [1.807, 2.05) is 62.4 Å². The number of phenolic OH excluding ortho intramolecular Hbond substituents is 2. The number of aromatic nitrogens is 2. The first-order valence-electron chi connectivity index (χ1n) is 11.2. The lowest BCUT2D eigenvalue weighted by Gasteiger charge is -1.95. The van der Waals surface area contributed by atoms with Crippen LogP contribution < -0.4 is 11.5 Å². The quantitative estimate of drug-likeness (QED) is 0.170. The van der Waals surface area contributed by atoms with E-state index in [-0.39, 0.29) is 11.5 Å². The summed E-state index contributed by atoms with van der Waals surface area (Å²) < 4.78 is 11.2. The Morgan fingerprint density at radius 2 is 0.944 bits per heavy atom. The van der Waals surface area contributed by atoms with Gasteiger partial charge in [-0.15, -0.1) is 0 Å². The van der Waals surface area contributed by atoms with Crippen LogP contribution in [0.15, 0.2) is 81.6 Å². The van der Waals surface area contributed by atoms with Crippen molar-refractivity contribution in [3.8, 4) is 34.4 Å². The Hall–Kier alpha value is -4.98. The molecule has 8 heteroatoms. The zero-order chi connectivity index (χ0) is 25.4. The van der Waals surface area contributed by atoms with Crippen LogP contribution in [0.3, 0.4) is 0 Å². The Balaban J connectivity index is 0.000000148. The number of hydrogen-bond donors (Lipinski definition) is 4. The third-order valence-electron chi connectivity index (χ3n) is 5.67. The predicted molar refractivity (Wildman–Crippen MR) is 141 cm³/mol. The second-order valence-corrected chi connectivity index (χ2v) is 8.53. The Morgan fingerprint density at radius 3 is 1.31 bits per heavy atom. The van der Waals surface area contributed by atoms with Gasteiger partial charge in [-0.05, 0) is 50.2 Å². The van der Waals surface area contributed by atoms with Crippen molar-refractivity contribution in [1.82, 2.24) is 9.97 Å². The molecule has 6 rings (SSSR count). The minimum Gasteiger partial charge on any atom is -0.506 e. The average Bonchev–Trinajstić information content (AvgIpc) is 3.45. The van der Waals surface area contributed by atoms with Crippen molar-refractivity contribution in [2.24, 2.45) is 0 Å². The van der Waals surface area contributed by atoms with Gasteiger partial charge in [-0.1, -0.05) is 35.4 Å². The fourth-order valence-electron chi connectivity index (χ4n) is 3.60. The lowest BCUT2D eigenvalue weighted by Crippen LogP contribution is -1.84. The molecule has 0 aliphatic rings. The molecule has 0 aliphatic carbocycles. The molecule has 0 saturated carbocycles. The van der Waals surface area contributed by atoms with E-state index in [9.17, 15) is 10.2 Å². The lowest BCUT2D eigenvalue weighted by molar-refractivity contribution is 0.476. The molecular formula is C28H24N4O4. The SMILES string of the molecule is Cc1ccc(-c2nc3cc(N)c(O)cc3o2)cc1.Cc1ccc(-c2nc3cc(N)c(O)cc3o2)cc1. The van der Waals surface area contributed by atoms with Crippen molar-refractivity contribution in [3.05, 3.63) is 83.9 Å². The maximum atomic E-state index is 9.52. The summed E-state index contributed by atoms with van der Waals surface area (Å²) in [6, 6.07) is 21.9. The molecule has 0 saturated heterocycles. The molecule has 36 heavy (non-hydrogen) atoms. The summed E-state index contributed by atoms with van der Waals surface area (Å²) in [5.41, 5.74) is 18.3. The van der Waals surface area contributed by atoms with Gasteiger partial charge >= 0.3 is 0 Å². The Labute approximate surface area is 206 Å². The normalized spacial score (nSPS) is 10.9. The lowest BCUT2D eigenvalue weighted by atomic mass is 10.1. The van der Waals surface area contributed by atoms with Gasteiger partial charge in [-0.25, -0.2) is 9.97 Å². The van der Waals surface area contributed by atoms with E-state index in [1.54, 1.807) is 12.1 Å². The monoisotopic (exact) mass is 480 g/mol. The second kappa shape index (κ2) is 8.99. The molecule has 0 bridgehead atoms. The highest BCUT2D eigenvalue weighted by Gasteiger charge is 2.11. The number of phenols is 2. The van der Waals surface area contributed by atoms with E-state index in [4.69, 9.17) is 20.3 Å². The summed E-state index contributed by atoms with van der Waals surface area (Å²) in [5, 5.41) is 19.0. The van der Waals surface area contributed by atoms with Crippen LogP contribution in [0.2, 0.25) is 0 Å². The van der Waals surface area contributed by atoms with E-state index in [1.165, 1.54) is 23.3 Å². The number of hydrogen-bond acceptors (Lipinski definition) is 8. The molecule has 0 atom stereocenters. The topological polar surface area (TPSA) is 145 Å². The molecule has 180 valence electrons. The maximum absolute atomic E-state index is 9.52. The fourth-order valence-corrected chi connectivity index (χ4v) is 3.60. The van der Waals surface area contributed by atoms with Crippen LogP contribution >= 0.6 is 0 Å². The molecule has 2 heterocycles. The minimum absolute atomic E-state index is 0.00843. The van der Waals surface area contributed by atoms with Crippen molar-refractivity contribution in [1.29, 1.82) is 0 Å². The van der Waals surface area contributed by atoms with Crippen LogP contribution in [0.25, 0.3) is 45.1 Å². The second-order valence-electron chi connectivity index (χ2n) is 8.53. The number of fused-ring (bicyclic) bond motifs is 2. The highest BCUT2D eigenvalue weighted by molar-refractivity contribution is 5.83. The standard InChI is InChI=1S/2C14H12N2O2/c2*1-8-2-4-9(5-3-8)14-16-11-6-10(15)12(17)7-13(11)18-14/h2*2-7,17H,15H2,1H3. The summed E-state index contributed by atoms with van der Waals surface area (Å²) in [5.74, 6) is 1.06. The number of benzene rings is 4. The number of nitrogens with two attached hydrogens (primary N) is 2. The highest BCUT2D eigenvalue weighted by Crippen LogP contribution is 2.31. The van der Waals surface area contributed by atoms with Gasteiger partial charge in [-0.2, -0.15) is 0 Å². The molecule has 6 N–H and O–H groups in total. The molecule has 8 nitrogen and oxygen atoms in total. The molecule has 4 aromatic carbocycles. The summed E-state index contributed by atoms with van der Waals surface area (Å²) in [7, 11) is 0. The van der Waals surface area contributed by atoms with Crippen LogP contribution in [0.4, 0.5) is 11.4 Å². The number of aryl methyl sites for hydroxylation is 2. The maximum Gasteiger partial charge on any atom is 0.227 e. The van der Waals surface area contributed by atoms with Gasteiger partial charge in [0.25, 0.3) is 0 Å². The van der Waals surface area contributed by atoms with Crippen molar-refractivity contribution >= 4 is 33.6 Å². The van der Waals surface area contributed by atoms with Gasteiger partial charge in [0, 0.05) is 23.3 Å². The predicted octanol–water partition coefficient (Wildman–Crippen LogP) is 6.18.